The van der Waals surface area contributed by atoms with E-state index in [0.717, 1.165) is 48.6 Å². The summed E-state index contributed by atoms with van der Waals surface area (Å²) in [6.07, 6.45) is 13.9. The number of aryl methyl sites for hydroxylation is 5. The Bertz CT molecular complexity index is 4840. The van der Waals surface area contributed by atoms with E-state index >= 15 is 0 Å². The van der Waals surface area contributed by atoms with Crippen LogP contribution in [0.1, 0.15) is 51.4 Å². The van der Waals surface area contributed by atoms with E-state index in [-0.39, 0.29) is 68.4 Å². The van der Waals surface area contributed by atoms with Crippen molar-refractivity contribution in [3.8, 4) is 62.1 Å². The summed E-state index contributed by atoms with van der Waals surface area (Å²) in [5.41, 5.74) is 2.91. The van der Waals surface area contributed by atoms with Crippen LogP contribution in [0.25, 0.3) is 29.3 Å². The highest BCUT2D eigenvalue weighted by Crippen LogP contribution is 2.27. The molecule has 37 heteroatoms. The zero-order valence-electron chi connectivity index (χ0n) is 50.9. The van der Waals surface area contributed by atoms with Crippen LogP contribution in [0.15, 0.2) is 121 Å². The molecule has 0 unspecified atom stereocenters. The predicted octanol–water partition coefficient (Wildman–Crippen LogP) is 2.92. The normalized spacial score (nSPS) is 11.2. The molecule has 0 spiro atoms. The zero-order chi connectivity index (χ0) is 65.6. The highest BCUT2D eigenvalue weighted by Gasteiger charge is 2.21. The van der Waals surface area contributed by atoms with Gasteiger partial charge in [0.15, 0.2) is 23.3 Å². The zero-order valence-corrected chi connectivity index (χ0v) is 50.1. The van der Waals surface area contributed by atoms with Gasteiger partial charge in [-0.1, -0.05) is 63.9 Å². The number of ether oxygens (including phenoxy) is 5. The van der Waals surface area contributed by atoms with Crippen molar-refractivity contribution in [2.24, 2.45) is 28.2 Å². The highest BCUT2D eigenvalue weighted by atomic mass is 32.1. The first-order chi connectivity index (χ1) is 44.3. The van der Waals surface area contributed by atoms with Gasteiger partial charge in [0.2, 0.25) is 0 Å². The Morgan fingerprint density at radius 2 is 0.841 bits per heavy atom. The van der Waals surface area contributed by atoms with E-state index in [1.807, 2.05) is 19.9 Å². The van der Waals surface area contributed by atoms with E-state index in [0.29, 0.717) is 72.6 Å². The SMILES string of the molecule is [3H]c1csc(OCc2c(C#C)ccnc2-n2nnn(C)c2=O)n1.[3H]c1csc(OCc2c(C)ccnc2-n2nnn(C)c2=O)n1.[3H]c1csc(OCc2c(C=C)ccnc2-n2nnn(C)c2=O)n1.[3H]c1csc(OCc2c(OCC)ccnc2-n2nnn(C)c2=O)n1. The minimum absolute atomic E-state index is 0.0404. The number of aromatic nitrogens is 24. The van der Waals surface area contributed by atoms with E-state index in [1.165, 1.54) is 85.9 Å². The Labute approximate surface area is 517 Å². The van der Waals surface area contributed by atoms with Gasteiger partial charge in [-0.2, -0.15) is 18.7 Å². The Morgan fingerprint density at radius 3 is 1.22 bits per heavy atom. The van der Waals surface area contributed by atoms with Crippen LogP contribution in [-0.4, -0.2) is 126 Å². The number of terminal acetylenes is 1. The largest absolute Gasteiger partial charge is 0.493 e. The molecule has 0 fully saturated rings. The summed E-state index contributed by atoms with van der Waals surface area (Å²) in [6, 6.07) is 6.90. The maximum absolute atomic E-state index is 12.1. The first-order valence-electron chi connectivity index (χ1n) is 27.1. The first-order valence-corrected chi connectivity index (χ1v) is 28.6. The number of pyridine rings is 4. The van der Waals surface area contributed by atoms with Gasteiger partial charge in [0.1, 0.15) is 32.2 Å². The lowest BCUT2D eigenvalue weighted by Gasteiger charge is -2.13. The molecule has 0 aliphatic heterocycles. The number of rotatable bonds is 19. The second kappa shape index (κ2) is 29.1. The average Bonchev–Trinajstić information content (AvgIpc) is 1.67. The number of tetrazole rings is 4. The van der Waals surface area contributed by atoms with E-state index in [9.17, 15) is 19.2 Å². The van der Waals surface area contributed by atoms with Crippen molar-refractivity contribution in [3.63, 3.8) is 0 Å². The summed E-state index contributed by atoms with van der Waals surface area (Å²) in [7, 11) is 6.01. The van der Waals surface area contributed by atoms with E-state index in [2.05, 4.69) is 94.1 Å². The Hall–Kier alpha value is -11.1. The minimum atomic E-state index is -0.449. The lowest BCUT2D eigenvalue weighted by atomic mass is 10.1. The Morgan fingerprint density at radius 1 is 0.489 bits per heavy atom. The molecule has 0 amide bonds. The molecule has 0 aliphatic rings. The molecule has 0 saturated carbocycles. The molecule has 12 heterocycles. The third-order valence-corrected chi connectivity index (χ3v) is 14.1. The quantitative estimate of drug-likeness (QED) is 0.105. The van der Waals surface area contributed by atoms with Gasteiger partial charge in [0, 0.05) is 116 Å². The molecule has 12 rings (SSSR count). The molecule has 0 aromatic carbocycles. The van der Waals surface area contributed by atoms with Crippen molar-refractivity contribution in [2.75, 3.05) is 6.61 Å². The maximum Gasteiger partial charge on any atom is 0.369 e. The Kier molecular flexibility index (Phi) is 18.6. The fraction of sp³-hybridized carbons (Fsp3) is 0.216. The predicted molar refractivity (Wildman–Crippen MR) is 317 cm³/mol. The van der Waals surface area contributed by atoms with Crippen LogP contribution in [0.5, 0.6) is 26.5 Å². The standard InChI is InChI=1S/C13H14N6O3S.C13H12N6O2S.C13H10N6O2S.C12H12N6O2S/c1-3-21-10-4-5-14-11(19-13(20)18(2)16-17-19)9(10)8-22-12-15-6-7-23-12;2*1-3-9-4-5-14-11(19-13(20)18(2)16-17-19)10(9)8-21-12-15-6-7-22-12;1-8-3-4-13-10(18-12(19)17(2)15-16-18)9(8)7-20-11-14-5-6-21-11/h4-7H,3,8H2,1-2H3;3-7H,1,8H2,2H3;1,4-7H,8H2,2H3;3-6H,7H2,1-2H3/i3*6T;5T. The van der Waals surface area contributed by atoms with Gasteiger partial charge in [-0.25, -0.2) is 59.0 Å². The second-order valence-electron chi connectivity index (χ2n) is 17.0. The van der Waals surface area contributed by atoms with Crippen molar-refractivity contribution in [2.45, 2.75) is 40.3 Å². The van der Waals surface area contributed by atoms with Crippen molar-refractivity contribution in [1.82, 2.24) is 119 Å². The summed E-state index contributed by atoms with van der Waals surface area (Å²) in [5, 5.41) is 37.6. The molecular formula is C51H48N24O9S4. The number of nitrogens with zero attached hydrogens (tertiary/aromatic N) is 24. The minimum Gasteiger partial charge on any atom is -0.493 e. The molecular weight excluding hydrogens is 1220 g/mol. The maximum atomic E-state index is 12.1. The molecule has 0 bridgehead atoms. The number of hydrogen-bond donors (Lipinski definition) is 0. The summed E-state index contributed by atoms with van der Waals surface area (Å²) >= 11 is 4.88. The van der Waals surface area contributed by atoms with Gasteiger partial charge < -0.3 is 23.7 Å². The molecule has 0 radical (unpaired) electrons. The van der Waals surface area contributed by atoms with E-state index < -0.39 is 17.1 Å². The second-order valence-corrected chi connectivity index (χ2v) is 20.3. The summed E-state index contributed by atoms with van der Waals surface area (Å²) in [5.74, 6) is 4.29. The number of thiazole rings is 4. The lowest BCUT2D eigenvalue weighted by Crippen LogP contribution is -2.24. The van der Waals surface area contributed by atoms with Crippen LogP contribution in [0.2, 0.25) is 0 Å². The van der Waals surface area contributed by atoms with Gasteiger partial charge in [0.05, 0.1) is 23.2 Å². The van der Waals surface area contributed by atoms with Crippen LogP contribution >= 0.6 is 45.3 Å². The molecule has 12 aromatic rings. The van der Waals surface area contributed by atoms with Gasteiger partial charge in [-0.3, -0.25) is 0 Å². The molecule has 0 saturated heterocycles. The topological polar surface area (TPSA) is 360 Å². The van der Waals surface area contributed by atoms with Crippen molar-refractivity contribution < 1.29 is 29.2 Å². The molecule has 88 heavy (non-hydrogen) atoms. The van der Waals surface area contributed by atoms with Gasteiger partial charge >= 0.3 is 22.8 Å². The third kappa shape index (κ3) is 14.5. The van der Waals surface area contributed by atoms with E-state index in [1.54, 1.807) is 58.2 Å². The third-order valence-electron chi connectivity index (χ3n) is 11.6. The lowest BCUT2D eigenvalue weighted by molar-refractivity contribution is 0.283. The molecule has 0 atom stereocenters. The van der Waals surface area contributed by atoms with Crippen LogP contribution < -0.4 is 46.4 Å². The number of hydrogen-bond acceptors (Lipinski definition) is 29. The smallest absolute Gasteiger partial charge is 0.369 e. The Balaban J connectivity index is 0.000000145. The average molecular weight is 1280 g/mol. The van der Waals surface area contributed by atoms with Crippen LogP contribution in [0.3, 0.4) is 0 Å². The molecule has 0 aliphatic carbocycles. The molecule has 450 valence electrons. The van der Waals surface area contributed by atoms with Gasteiger partial charge in [-0.05, 0) is 90.9 Å². The van der Waals surface area contributed by atoms with Crippen molar-refractivity contribution in [1.29, 1.82) is 0 Å². The molecule has 12 aromatic heterocycles. The van der Waals surface area contributed by atoms with Crippen LogP contribution in [-0.2, 0) is 54.6 Å². The summed E-state index contributed by atoms with van der Waals surface area (Å²) in [4.78, 5) is 80.7. The van der Waals surface area contributed by atoms with Crippen LogP contribution in [0, 0.1) is 19.3 Å². The van der Waals surface area contributed by atoms with Crippen molar-refractivity contribution in [3.05, 3.63) is 183 Å². The van der Waals surface area contributed by atoms with Gasteiger partial charge in [-0.15, -0.1) is 25.2 Å². The fourth-order valence-corrected chi connectivity index (χ4v) is 9.04. The fourth-order valence-electron chi connectivity index (χ4n) is 7.28. The van der Waals surface area contributed by atoms with Crippen LogP contribution in [0.4, 0.5) is 0 Å². The summed E-state index contributed by atoms with van der Waals surface area (Å²) in [6.45, 7) is 8.34. The highest BCUT2D eigenvalue weighted by molar-refractivity contribution is 7.12. The van der Waals surface area contributed by atoms with E-state index in [4.69, 9.17) is 35.6 Å². The van der Waals surface area contributed by atoms with Gasteiger partial charge in [0.25, 0.3) is 20.8 Å². The molecule has 0 N–H and O–H groups in total. The first kappa shape index (κ1) is 56.1. The summed E-state index contributed by atoms with van der Waals surface area (Å²) < 4.78 is 66.3. The monoisotopic (exact) mass is 1280 g/mol. The molecule has 33 nitrogen and oxygen atoms in total. The van der Waals surface area contributed by atoms with Crippen molar-refractivity contribution >= 4 is 51.4 Å².